The highest BCUT2D eigenvalue weighted by atomic mass is 32.1. The molecule has 4 nitrogen and oxygen atoms in total. The summed E-state index contributed by atoms with van der Waals surface area (Å²) in [5.74, 6) is 1.02. The van der Waals surface area contributed by atoms with Crippen LogP contribution in [0.4, 0.5) is 0 Å². The second-order valence-corrected chi connectivity index (χ2v) is 6.32. The van der Waals surface area contributed by atoms with Crippen molar-refractivity contribution in [2.24, 2.45) is 5.73 Å². The largest absolute Gasteiger partial charge is 0.493 e. The Morgan fingerprint density at radius 2 is 2.00 bits per heavy atom. The summed E-state index contributed by atoms with van der Waals surface area (Å²) in [6, 6.07) is 4.22. The number of hydrogen-bond acceptors (Lipinski definition) is 4. The van der Waals surface area contributed by atoms with E-state index in [1.165, 1.54) is 28.0 Å². The molecule has 0 amide bonds. The van der Waals surface area contributed by atoms with Gasteiger partial charge in [0.25, 0.3) is 0 Å². The number of amidine groups is 1. The zero-order valence-corrected chi connectivity index (χ0v) is 13.7. The van der Waals surface area contributed by atoms with Gasteiger partial charge in [-0.15, -0.1) is 11.3 Å². The van der Waals surface area contributed by atoms with Crippen LogP contribution in [0.5, 0.6) is 5.75 Å². The lowest BCUT2D eigenvalue weighted by atomic mass is 10.1. The number of nitrogens with two attached hydrogens (primary N) is 1. The van der Waals surface area contributed by atoms with Gasteiger partial charge in [0, 0.05) is 6.42 Å². The van der Waals surface area contributed by atoms with E-state index in [-0.39, 0.29) is 5.84 Å². The lowest BCUT2D eigenvalue weighted by Crippen LogP contribution is -2.10. The van der Waals surface area contributed by atoms with E-state index in [0.29, 0.717) is 6.61 Å². The van der Waals surface area contributed by atoms with Gasteiger partial charge in [-0.2, -0.15) is 0 Å². The molecule has 1 aromatic carbocycles. The van der Waals surface area contributed by atoms with Gasteiger partial charge in [0.1, 0.15) is 11.6 Å². The number of aryl methyl sites for hydroxylation is 3. The number of thiazole rings is 1. The summed E-state index contributed by atoms with van der Waals surface area (Å²) >= 11 is 1.47. The Balaban J connectivity index is 2.02. The molecule has 0 bridgehead atoms. The molecular weight excluding hydrogens is 282 g/mol. The summed E-state index contributed by atoms with van der Waals surface area (Å²) in [4.78, 5) is 5.20. The number of rotatable bonds is 5. The van der Waals surface area contributed by atoms with Gasteiger partial charge in [-0.25, -0.2) is 4.98 Å². The molecule has 112 valence electrons. The summed E-state index contributed by atoms with van der Waals surface area (Å²) in [5.41, 5.74) is 9.98. The molecule has 21 heavy (non-hydrogen) atoms. The van der Waals surface area contributed by atoms with E-state index in [2.05, 4.69) is 37.9 Å². The van der Waals surface area contributed by atoms with Crippen molar-refractivity contribution >= 4 is 17.2 Å². The van der Waals surface area contributed by atoms with E-state index < -0.39 is 0 Å². The van der Waals surface area contributed by atoms with Gasteiger partial charge in [0.2, 0.25) is 0 Å². The second kappa shape index (κ2) is 6.26. The Hall–Kier alpha value is -1.88. The fourth-order valence-electron chi connectivity index (χ4n) is 2.21. The van der Waals surface area contributed by atoms with Gasteiger partial charge in [0.15, 0.2) is 0 Å². The minimum atomic E-state index is 0.0855. The average Bonchev–Trinajstić information content (AvgIpc) is 2.76. The zero-order chi connectivity index (χ0) is 15.6. The molecule has 1 aromatic heterocycles. The Morgan fingerprint density at radius 3 is 2.62 bits per heavy atom. The molecule has 0 unspecified atom stereocenters. The normalized spacial score (nSPS) is 10.7. The van der Waals surface area contributed by atoms with Crippen LogP contribution < -0.4 is 10.5 Å². The number of benzene rings is 1. The first-order valence-electron chi connectivity index (χ1n) is 6.90. The Kier molecular flexibility index (Phi) is 4.63. The lowest BCUT2D eigenvalue weighted by Gasteiger charge is -2.11. The van der Waals surface area contributed by atoms with Crippen molar-refractivity contribution in [3.05, 3.63) is 44.4 Å². The Morgan fingerprint density at radius 1 is 1.29 bits per heavy atom. The molecule has 2 aromatic rings. The molecule has 0 atom stereocenters. The highest BCUT2D eigenvalue weighted by Gasteiger charge is 2.10. The standard InChI is InChI=1S/C16H21N3OS/c1-9-7-10(2)11(3)13(8-9)20-6-5-14-19-12(4)15(21-14)16(17)18/h7-8H,5-6H2,1-4H3,(H3,17,18). The molecule has 0 saturated carbocycles. The fraction of sp³-hybridized carbons (Fsp3) is 0.375. The maximum Gasteiger partial charge on any atom is 0.135 e. The number of hydrogen-bond donors (Lipinski definition) is 2. The Bertz CT molecular complexity index is 676. The van der Waals surface area contributed by atoms with Crippen LogP contribution in [-0.4, -0.2) is 17.4 Å². The van der Waals surface area contributed by atoms with Crippen LogP contribution in [0.1, 0.15) is 32.3 Å². The van der Waals surface area contributed by atoms with Crippen LogP contribution in [0.2, 0.25) is 0 Å². The molecule has 0 spiro atoms. The number of nitrogen functional groups attached to an aromatic ring is 1. The molecule has 0 saturated heterocycles. The molecule has 0 fully saturated rings. The minimum absolute atomic E-state index is 0.0855. The van der Waals surface area contributed by atoms with Crippen molar-refractivity contribution in [3.8, 4) is 5.75 Å². The van der Waals surface area contributed by atoms with Crippen LogP contribution >= 0.6 is 11.3 Å². The zero-order valence-electron chi connectivity index (χ0n) is 12.9. The van der Waals surface area contributed by atoms with Crippen molar-refractivity contribution in [2.45, 2.75) is 34.1 Å². The fourth-order valence-corrected chi connectivity index (χ4v) is 3.12. The molecule has 0 radical (unpaired) electrons. The molecule has 1 heterocycles. The van der Waals surface area contributed by atoms with Gasteiger partial charge >= 0.3 is 0 Å². The van der Waals surface area contributed by atoms with E-state index in [9.17, 15) is 0 Å². The topological polar surface area (TPSA) is 72.0 Å². The highest BCUT2D eigenvalue weighted by molar-refractivity contribution is 7.13. The maximum absolute atomic E-state index is 7.49. The van der Waals surface area contributed by atoms with Crippen LogP contribution in [0.25, 0.3) is 0 Å². The van der Waals surface area contributed by atoms with E-state index in [0.717, 1.165) is 27.7 Å². The number of nitrogens with zero attached hydrogens (tertiary/aromatic N) is 1. The molecule has 0 aliphatic heterocycles. The van der Waals surface area contributed by atoms with E-state index in [1.54, 1.807) is 0 Å². The van der Waals surface area contributed by atoms with E-state index in [1.807, 2.05) is 6.92 Å². The summed E-state index contributed by atoms with van der Waals surface area (Å²) in [6.45, 7) is 8.70. The number of aromatic nitrogens is 1. The third-order valence-corrected chi connectivity index (χ3v) is 4.67. The average molecular weight is 303 g/mol. The van der Waals surface area contributed by atoms with Crippen molar-refractivity contribution in [1.29, 1.82) is 5.41 Å². The molecule has 0 aliphatic rings. The second-order valence-electron chi connectivity index (χ2n) is 5.24. The smallest absolute Gasteiger partial charge is 0.135 e. The predicted octanol–water partition coefficient (Wildman–Crippen LogP) is 3.28. The Labute approximate surface area is 129 Å². The van der Waals surface area contributed by atoms with Crippen LogP contribution in [-0.2, 0) is 6.42 Å². The predicted molar refractivity (Wildman–Crippen MR) is 87.7 cm³/mol. The highest BCUT2D eigenvalue weighted by Crippen LogP contribution is 2.24. The minimum Gasteiger partial charge on any atom is -0.493 e. The maximum atomic E-state index is 7.49. The molecular formula is C16H21N3OS. The number of nitrogens with one attached hydrogen (secondary N) is 1. The third-order valence-electron chi connectivity index (χ3n) is 3.42. The summed E-state index contributed by atoms with van der Waals surface area (Å²) < 4.78 is 5.89. The van der Waals surface area contributed by atoms with Crippen molar-refractivity contribution in [1.82, 2.24) is 4.98 Å². The summed E-state index contributed by atoms with van der Waals surface area (Å²) in [7, 11) is 0. The summed E-state index contributed by atoms with van der Waals surface area (Å²) in [5, 5.41) is 8.45. The number of ether oxygens (including phenoxy) is 1. The van der Waals surface area contributed by atoms with Gasteiger partial charge in [0.05, 0.1) is 22.2 Å². The SMILES string of the molecule is Cc1cc(C)c(C)c(OCCc2nc(C)c(C(=N)N)s2)c1. The van der Waals surface area contributed by atoms with Gasteiger partial charge in [-0.3, -0.25) is 5.41 Å². The first-order valence-corrected chi connectivity index (χ1v) is 7.71. The van der Waals surface area contributed by atoms with Crippen molar-refractivity contribution in [2.75, 3.05) is 6.61 Å². The summed E-state index contributed by atoms with van der Waals surface area (Å²) in [6.07, 6.45) is 0.727. The van der Waals surface area contributed by atoms with Gasteiger partial charge in [-0.1, -0.05) is 6.07 Å². The first kappa shape index (κ1) is 15.5. The van der Waals surface area contributed by atoms with Gasteiger partial charge in [-0.05, 0) is 50.5 Å². The molecule has 5 heteroatoms. The third kappa shape index (κ3) is 3.61. The molecule has 3 N–H and O–H groups in total. The molecule has 0 aliphatic carbocycles. The van der Waals surface area contributed by atoms with Crippen molar-refractivity contribution in [3.63, 3.8) is 0 Å². The molecule has 2 rings (SSSR count). The van der Waals surface area contributed by atoms with Gasteiger partial charge < -0.3 is 10.5 Å². The van der Waals surface area contributed by atoms with Crippen LogP contribution in [0.3, 0.4) is 0 Å². The van der Waals surface area contributed by atoms with Crippen molar-refractivity contribution < 1.29 is 4.74 Å². The lowest BCUT2D eigenvalue weighted by molar-refractivity contribution is 0.319. The first-order chi connectivity index (χ1) is 9.88. The van der Waals surface area contributed by atoms with E-state index in [4.69, 9.17) is 15.9 Å². The van der Waals surface area contributed by atoms with E-state index >= 15 is 0 Å². The monoisotopic (exact) mass is 303 g/mol. The van der Waals surface area contributed by atoms with Crippen LogP contribution in [0.15, 0.2) is 12.1 Å². The quantitative estimate of drug-likeness (QED) is 0.657. The van der Waals surface area contributed by atoms with Crippen LogP contribution in [0, 0.1) is 33.1 Å².